The predicted octanol–water partition coefficient (Wildman–Crippen LogP) is 7.08. The highest BCUT2D eigenvalue weighted by Crippen LogP contribution is 2.42. The van der Waals surface area contributed by atoms with E-state index in [-0.39, 0.29) is 25.0 Å². The minimum atomic E-state index is -4.94. The highest BCUT2D eigenvalue weighted by Gasteiger charge is 2.39. The van der Waals surface area contributed by atoms with Crippen LogP contribution in [0.5, 0.6) is 0 Å². The largest absolute Gasteiger partial charge is 0.471 e. The van der Waals surface area contributed by atoms with E-state index in [0.717, 1.165) is 28.0 Å². The number of allylic oxidation sites excluding steroid dienone is 5. The molecule has 1 aromatic rings. The predicted molar refractivity (Wildman–Crippen MR) is 142 cm³/mol. The number of hydrogen-bond donors (Lipinski definition) is 2. The second-order valence-electron chi connectivity index (χ2n) is 8.25. The zero-order chi connectivity index (χ0) is 26.3. The Balaban J connectivity index is 2.56. The SMILES string of the molecule is C/C=C\C(C)C1=CC(c2sccc2Cl)N(CCNC(=O)C(F)(F)F)C(C(=S)N/C=C(\C)CC)=C1C. The van der Waals surface area contributed by atoms with E-state index >= 15 is 0 Å². The van der Waals surface area contributed by atoms with Crippen molar-refractivity contribution < 1.29 is 18.0 Å². The minimum absolute atomic E-state index is 0.0824. The second-order valence-corrected chi connectivity index (χ2v) is 10.0. The van der Waals surface area contributed by atoms with Crippen LogP contribution in [0.25, 0.3) is 0 Å². The summed E-state index contributed by atoms with van der Waals surface area (Å²) in [6, 6.07) is 1.44. The maximum atomic E-state index is 12.8. The molecular weight excluding hydrogens is 515 g/mol. The van der Waals surface area contributed by atoms with Gasteiger partial charge in [-0.1, -0.05) is 61.5 Å². The Labute approximate surface area is 219 Å². The van der Waals surface area contributed by atoms with Gasteiger partial charge in [0.1, 0.15) is 4.99 Å². The first kappa shape index (κ1) is 29.1. The molecule has 2 N–H and O–H groups in total. The topological polar surface area (TPSA) is 44.4 Å². The minimum Gasteiger partial charge on any atom is -0.356 e. The summed E-state index contributed by atoms with van der Waals surface area (Å²) in [5.41, 5.74) is 3.77. The molecule has 0 spiro atoms. The molecule has 2 rings (SSSR count). The van der Waals surface area contributed by atoms with Crippen LogP contribution >= 0.6 is 35.2 Å². The summed E-state index contributed by atoms with van der Waals surface area (Å²) in [4.78, 5) is 14.6. The van der Waals surface area contributed by atoms with Crippen molar-refractivity contribution in [2.45, 2.75) is 53.3 Å². The number of thiocarbonyl (C=S) groups is 1. The van der Waals surface area contributed by atoms with Gasteiger partial charge in [-0.15, -0.1) is 11.3 Å². The molecule has 0 aromatic carbocycles. The Morgan fingerprint density at radius 1 is 1.40 bits per heavy atom. The van der Waals surface area contributed by atoms with Crippen molar-refractivity contribution in [3.63, 3.8) is 0 Å². The molecule has 10 heteroatoms. The molecule has 2 atom stereocenters. The van der Waals surface area contributed by atoms with Gasteiger partial charge in [-0.05, 0) is 55.7 Å². The van der Waals surface area contributed by atoms with Crippen molar-refractivity contribution in [2.24, 2.45) is 5.92 Å². The molecule has 0 saturated carbocycles. The van der Waals surface area contributed by atoms with E-state index in [1.54, 1.807) is 6.07 Å². The molecule has 1 aromatic heterocycles. The Morgan fingerprint density at radius 2 is 2.09 bits per heavy atom. The van der Waals surface area contributed by atoms with Crippen molar-refractivity contribution >= 4 is 46.1 Å². The van der Waals surface area contributed by atoms with Crippen LogP contribution in [0, 0.1) is 5.92 Å². The zero-order valence-corrected chi connectivity index (χ0v) is 22.8. The van der Waals surface area contributed by atoms with Crippen molar-refractivity contribution in [3.8, 4) is 0 Å². The van der Waals surface area contributed by atoms with Crippen LogP contribution in [0.1, 0.15) is 52.0 Å². The standard InChI is InChI=1S/C25H31ClF3N3OS2/c1-6-8-16(4)18-13-20(22-19(26)9-12-35-22)32(11-10-30-24(33)25(27,28)29)21(17(18)5)23(34)31-14-15(3)7-2/h6,8-9,12-14,16,20H,7,10-11H2,1-5H3,(H,30,33)(H,31,34)/b8-6-,15-14+. The zero-order valence-electron chi connectivity index (χ0n) is 20.4. The van der Waals surface area contributed by atoms with Gasteiger partial charge in [-0.3, -0.25) is 4.79 Å². The number of alkyl halides is 3. The number of carbonyl (C=O) groups is 1. The summed E-state index contributed by atoms with van der Waals surface area (Å²) in [6.45, 7) is 9.90. The molecule has 1 aliphatic heterocycles. The van der Waals surface area contributed by atoms with Crippen LogP contribution in [0.2, 0.25) is 5.02 Å². The van der Waals surface area contributed by atoms with Gasteiger partial charge in [0.15, 0.2) is 0 Å². The Hall–Kier alpha value is -2.10. The number of nitrogens with zero attached hydrogens (tertiary/aromatic N) is 1. The van der Waals surface area contributed by atoms with Crippen molar-refractivity contribution in [3.05, 3.63) is 68.2 Å². The van der Waals surface area contributed by atoms with Gasteiger partial charge >= 0.3 is 12.1 Å². The van der Waals surface area contributed by atoms with E-state index in [1.165, 1.54) is 11.3 Å². The lowest BCUT2D eigenvalue weighted by molar-refractivity contribution is -0.173. The maximum absolute atomic E-state index is 12.8. The average Bonchev–Trinajstić information content (AvgIpc) is 3.22. The van der Waals surface area contributed by atoms with E-state index in [9.17, 15) is 18.0 Å². The molecule has 2 unspecified atom stereocenters. The smallest absolute Gasteiger partial charge is 0.356 e. The summed E-state index contributed by atoms with van der Waals surface area (Å²) in [6.07, 6.45) is 3.89. The molecular formula is C25H31ClF3N3OS2. The summed E-state index contributed by atoms with van der Waals surface area (Å²) >= 11 is 13.7. The van der Waals surface area contributed by atoms with Crippen molar-refractivity contribution in [1.82, 2.24) is 15.5 Å². The molecule has 0 fully saturated rings. The van der Waals surface area contributed by atoms with Gasteiger partial charge in [-0.25, -0.2) is 0 Å². The lowest BCUT2D eigenvalue weighted by Gasteiger charge is -2.40. The molecule has 1 amide bonds. The number of hydrogen-bond acceptors (Lipinski definition) is 4. The highest BCUT2D eigenvalue weighted by molar-refractivity contribution is 7.80. The van der Waals surface area contributed by atoms with Crippen molar-refractivity contribution in [1.29, 1.82) is 0 Å². The first-order valence-electron chi connectivity index (χ1n) is 11.3. The van der Waals surface area contributed by atoms with E-state index in [2.05, 4.69) is 24.4 Å². The Morgan fingerprint density at radius 3 is 2.63 bits per heavy atom. The molecule has 0 saturated heterocycles. The lowest BCUT2D eigenvalue weighted by atomic mass is 9.87. The molecule has 4 nitrogen and oxygen atoms in total. The lowest BCUT2D eigenvalue weighted by Crippen LogP contribution is -2.44. The highest BCUT2D eigenvalue weighted by atomic mass is 35.5. The third-order valence-electron chi connectivity index (χ3n) is 5.75. The first-order valence-corrected chi connectivity index (χ1v) is 13.0. The molecule has 0 bridgehead atoms. The van der Waals surface area contributed by atoms with Gasteiger partial charge in [0.25, 0.3) is 0 Å². The van der Waals surface area contributed by atoms with Gasteiger partial charge in [-0.2, -0.15) is 13.2 Å². The third kappa shape index (κ3) is 7.44. The van der Waals surface area contributed by atoms with Crippen LogP contribution in [-0.2, 0) is 4.79 Å². The fourth-order valence-electron chi connectivity index (χ4n) is 3.80. The van der Waals surface area contributed by atoms with Gasteiger partial charge in [0, 0.05) is 24.2 Å². The van der Waals surface area contributed by atoms with Crippen LogP contribution in [0.4, 0.5) is 13.2 Å². The quantitative estimate of drug-likeness (QED) is 0.257. The summed E-state index contributed by atoms with van der Waals surface area (Å²) in [7, 11) is 0. The van der Waals surface area contributed by atoms with Crippen LogP contribution in [0.3, 0.4) is 0 Å². The Kier molecular flexibility index (Phi) is 10.6. The first-order chi connectivity index (χ1) is 16.4. The van der Waals surface area contributed by atoms with Crippen molar-refractivity contribution in [2.75, 3.05) is 13.1 Å². The molecule has 35 heavy (non-hydrogen) atoms. The van der Waals surface area contributed by atoms with Gasteiger partial charge in [0.2, 0.25) is 0 Å². The fraction of sp³-hybridized carbons (Fsp3) is 0.440. The summed E-state index contributed by atoms with van der Waals surface area (Å²) in [5.74, 6) is -1.89. The number of halogens is 4. The normalized spacial score (nSPS) is 18.1. The van der Waals surface area contributed by atoms with E-state index < -0.39 is 12.1 Å². The van der Waals surface area contributed by atoms with Crippen LogP contribution in [0.15, 0.2) is 58.3 Å². The second kappa shape index (κ2) is 12.7. The molecule has 2 heterocycles. The number of nitrogens with one attached hydrogen (secondary N) is 2. The maximum Gasteiger partial charge on any atom is 0.471 e. The average molecular weight is 546 g/mol. The molecule has 192 valence electrons. The van der Waals surface area contributed by atoms with E-state index in [1.807, 2.05) is 55.6 Å². The van der Waals surface area contributed by atoms with Crippen LogP contribution < -0.4 is 10.6 Å². The van der Waals surface area contributed by atoms with E-state index in [0.29, 0.717) is 15.7 Å². The van der Waals surface area contributed by atoms with Gasteiger partial charge < -0.3 is 15.5 Å². The Bertz CT molecular complexity index is 1060. The summed E-state index contributed by atoms with van der Waals surface area (Å²) in [5, 5.41) is 7.60. The molecule has 1 aliphatic rings. The number of thiophene rings is 1. The number of rotatable bonds is 9. The molecule has 0 aliphatic carbocycles. The van der Waals surface area contributed by atoms with Crippen LogP contribution in [-0.4, -0.2) is 35.1 Å². The number of amides is 1. The number of carbonyl (C=O) groups excluding carboxylic acids is 1. The monoisotopic (exact) mass is 545 g/mol. The van der Waals surface area contributed by atoms with E-state index in [4.69, 9.17) is 23.8 Å². The third-order valence-corrected chi connectivity index (χ3v) is 7.49. The van der Waals surface area contributed by atoms with Gasteiger partial charge in [0.05, 0.1) is 16.8 Å². The molecule has 0 radical (unpaired) electrons. The fourth-order valence-corrected chi connectivity index (χ4v) is 5.37. The summed E-state index contributed by atoms with van der Waals surface area (Å²) < 4.78 is 38.3.